The van der Waals surface area contributed by atoms with Gasteiger partial charge in [0.2, 0.25) is 0 Å². The van der Waals surface area contributed by atoms with Gasteiger partial charge in [-0.25, -0.2) is 0 Å². The normalized spacial score (nSPS) is 4.67. The third kappa shape index (κ3) is 43.3. The molecule has 0 aliphatic rings. The second-order valence-corrected chi connectivity index (χ2v) is 1.06. The van der Waals surface area contributed by atoms with Gasteiger partial charge in [0.25, 0.3) is 0 Å². The fourth-order valence-electron chi connectivity index (χ4n) is 0.177. The van der Waals surface area contributed by atoms with E-state index in [-0.39, 0.29) is 61.0 Å². The fraction of sp³-hybridized carbons (Fsp3) is 0.429. The van der Waals surface area contributed by atoms with Crippen LogP contribution in [0.4, 0.5) is 0 Å². The Morgan fingerprint density at radius 3 is 1.00 bits per heavy atom. The van der Waals surface area contributed by atoms with Crippen molar-refractivity contribution >= 4 is 46.1 Å². The van der Waals surface area contributed by atoms with Crippen molar-refractivity contribution in [3.05, 3.63) is 28.7 Å². The van der Waals surface area contributed by atoms with Gasteiger partial charge in [0.1, 0.15) is 0 Å². The second kappa shape index (κ2) is 33.8. The van der Waals surface area contributed by atoms with Crippen LogP contribution < -0.4 is 0 Å². The number of hydrogen-bond donors (Lipinski definition) is 0. The summed E-state index contributed by atoms with van der Waals surface area (Å²) in [6, 6.07) is 0. The molecular weight excluding hydrogens is 133 g/mol. The second-order valence-electron chi connectivity index (χ2n) is 1.06. The van der Waals surface area contributed by atoms with E-state index >= 15 is 0 Å². The molecule has 0 spiro atoms. The van der Waals surface area contributed by atoms with Crippen molar-refractivity contribution in [1.29, 1.82) is 0 Å². The maximum Gasteiger partial charge on any atom is 2.00 e. The Hall–Kier alpha value is 1.53. The zero-order valence-electron chi connectivity index (χ0n) is 6.95. The van der Waals surface area contributed by atoms with Crippen LogP contribution >= 0.6 is 0 Å². The molecule has 0 N–H and O–H groups in total. The smallest absolute Gasteiger partial charge is 0.358 e. The summed E-state index contributed by atoms with van der Waals surface area (Å²) in [6.45, 7) is 7.27. The standard InChI is InChI=1S/C5H10.2CH3.2Mg/c1-3-5-4-2;;;;/h1-5H2;2*1H3;;/q-2;2*-1;2*+2. The molecule has 0 aliphatic carbocycles. The molecule has 0 saturated carbocycles. The Balaban J connectivity index is -0.0000000133. The van der Waals surface area contributed by atoms with Crippen molar-refractivity contribution in [3.63, 3.8) is 0 Å². The van der Waals surface area contributed by atoms with E-state index in [1.54, 1.807) is 0 Å². The van der Waals surface area contributed by atoms with Crippen LogP contribution in [0, 0.1) is 28.7 Å². The summed E-state index contributed by atoms with van der Waals surface area (Å²) in [5, 5.41) is 0. The summed E-state index contributed by atoms with van der Waals surface area (Å²) < 4.78 is 0. The molecule has 0 aliphatic heterocycles. The predicted molar refractivity (Wildman–Crippen MR) is 48.9 cm³/mol. The van der Waals surface area contributed by atoms with E-state index in [0.717, 1.165) is 12.8 Å². The van der Waals surface area contributed by atoms with E-state index in [1.807, 2.05) is 0 Å². The van der Waals surface area contributed by atoms with Gasteiger partial charge in [-0.2, -0.15) is 12.8 Å². The van der Waals surface area contributed by atoms with Gasteiger partial charge in [0.15, 0.2) is 0 Å². The van der Waals surface area contributed by atoms with Crippen molar-refractivity contribution in [3.8, 4) is 0 Å². The Bertz CT molecular complexity index is 14.4. The molecule has 0 aromatic rings. The van der Waals surface area contributed by atoms with Crippen LogP contribution in [0.5, 0.6) is 0 Å². The molecule has 0 bridgehead atoms. The van der Waals surface area contributed by atoms with Gasteiger partial charge in [0.05, 0.1) is 0 Å². The number of hydrogen-bond acceptors (Lipinski definition) is 0. The third-order valence-corrected chi connectivity index (χ3v) is 0.500. The molecule has 0 saturated heterocycles. The van der Waals surface area contributed by atoms with Crippen molar-refractivity contribution in [1.82, 2.24) is 0 Å². The molecule has 0 unspecified atom stereocenters. The first kappa shape index (κ1) is 31.3. The minimum atomic E-state index is 0. The zero-order valence-corrected chi connectivity index (χ0v) is 9.78. The molecule has 0 nitrogen and oxygen atoms in total. The quantitative estimate of drug-likeness (QED) is 0.415. The number of unbranched alkanes of at least 4 members (excludes halogenated alkanes) is 2. The van der Waals surface area contributed by atoms with Crippen molar-refractivity contribution in [2.45, 2.75) is 19.3 Å². The molecule has 0 radical (unpaired) electrons. The number of rotatable bonds is 2. The van der Waals surface area contributed by atoms with Gasteiger partial charge < -0.3 is 28.7 Å². The average molecular weight is 149 g/mol. The van der Waals surface area contributed by atoms with Crippen LogP contribution in [-0.2, 0) is 0 Å². The van der Waals surface area contributed by atoms with E-state index < -0.39 is 0 Å². The summed E-state index contributed by atoms with van der Waals surface area (Å²) in [7, 11) is 0. The van der Waals surface area contributed by atoms with E-state index in [2.05, 4.69) is 13.8 Å². The summed E-state index contributed by atoms with van der Waals surface area (Å²) in [5.41, 5.74) is 0. The minimum Gasteiger partial charge on any atom is -0.358 e. The molecule has 0 heterocycles. The first-order valence-electron chi connectivity index (χ1n) is 2.00. The van der Waals surface area contributed by atoms with Crippen LogP contribution in [0.15, 0.2) is 0 Å². The molecular formula is C7H16Mg2. The summed E-state index contributed by atoms with van der Waals surface area (Å²) in [4.78, 5) is 0. The molecule has 48 valence electrons. The van der Waals surface area contributed by atoms with Gasteiger partial charge in [-0.05, 0) is 0 Å². The molecule has 0 fully saturated rings. The van der Waals surface area contributed by atoms with Crippen LogP contribution in [-0.4, -0.2) is 46.1 Å². The Morgan fingerprint density at radius 1 is 0.778 bits per heavy atom. The predicted octanol–water partition coefficient (Wildman–Crippen LogP) is 1.96. The van der Waals surface area contributed by atoms with Crippen molar-refractivity contribution in [2.75, 3.05) is 0 Å². The molecule has 0 amide bonds. The largest absolute Gasteiger partial charge is 2.00 e. The van der Waals surface area contributed by atoms with E-state index in [4.69, 9.17) is 0 Å². The Labute approximate surface area is 93.5 Å². The summed E-state index contributed by atoms with van der Waals surface area (Å²) in [6.07, 6.45) is 3.23. The fourth-order valence-corrected chi connectivity index (χ4v) is 0.177. The maximum atomic E-state index is 3.64. The molecule has 0 atom stereocenters. The maximum absolute atomic E-state index is 3.64. The van der Waals surface area contributed by atoms with Gasteiger partial charge in [-0.1, -0.05) is 0 Å². The SMILES string of the molecule is [CH2-]CCC[CH2-].[CH3-].[CH3-].[Mg+2].[Mg+2]. The van der Waals surface area contributed by atoms with Crippen LogP contribution in [0.3, 0.4) is 0 Å². The third-order valence-electron chi connectivity index (χ3n) is 0.500. The summed E-state index contributed by atoms with van der Waals surface area (Å²) >= 11 is 0. The van der Waals surface area contributed by atoms with Gasteiger partial charge in [0, 0.05) is 0 Å². The van der Waals surface area contributed by atoms with E-state index in [0.29, 0.717) is 0 Å². The molecule has 0 aromatic carbocycles. The van der Waals surface area contributed by atoms with Crippen LogP contribution in [0.1, 0.15) is 19.3 Å². The molecule has 9 heavy (non-hydrogen) atoms. The zero-order chi connectivity index (χ0) is 4.12. The molecule has 2 heteroatoms. The minimum absolute atomic E-state index is 0. The van der Waals surface area contributed by atoms with Crippen molar-refractivity contribution in [2.24, 2.45) is 0 Å². The van der Waals surface area contributed by atoms with Gasteiger partial charge >= 0.3 is 46.1 Å². The average Bonchev–Trinajstić information content (AvgIpc) is 1.41. The molecule has 0 rings (SSSR count). The molecule has 0 aromatic heterocycles. The van der Waals surface area contributed by atoms with Gasteiger partial charge in [-0.3, -0.25) is 0 Å². The first-order valence-corrected chi connectivity index (χ1v) is 2.00. The van der Waals surface area contributed by atoms with Crippen molar-refractivity contribution < 1.29 is 0 Å². The first-order chi connectivity index (χ1) is 2.41. The van der Waals surface area contributed by atoms with Crippen LogP contribution in [0.2, 0.25) is 0 Å². The monoisotopic (exact) mass is 148 g/mol. The Morgan fingerprint density at radius 2 is 1.00 bits per heavy atom. The Kier molecular flexibility index (Phi) is 117. The van der Waals surface area contributed by atoms with Crippen LogP contribution in [0.25, 0.3) is 0 Å². The van der Waals surface area contributed by atoms with E-state index in [9.17, 15) is 0 Å². The topological polar surface area (TPSA) is 0 Å². The van der Waals surface area contributed by atoms with Gasteiger partial charge in [-0.15, -0.1) is 6.42 Å². The van der Waals surface area contributed by atoms with E-state index in [1.165, 1.54) is 6.42 Å². The summed E-state index contributed by atoms with van der Waals surface area (Å²) in [5.74, 6) is 0.